The lowest BCUT2D eigenvalue weighted by Crippen LogP contribution is -2.29. The lowest BCUT2D eigenvalue weighted by molar-refractivity contribution is 0.0903. The van der Waals surface area contributed by atoms with Crippen LogP contribution in [0.15, 0.2) is 47.1 Å². The van der Waals surface area contributed by atoms with E-state index in [0.29, 0.717) is 16.9 Å². The van der Waals surface area contributed by atoms with E-state index in [1.54, 1.807) is 37.3 Å². The number of rotatable bonds is 4. The Kier molecular flexibility index (Phi) is 3.57. The molecular weight excluding hydrogens is 230 g/mol. The Morgan fingerprint density at radius 3 is 2.50 bits per heavy atom. The Bertz CT molecular complexity index is 557. The summed E-state index contributed by atoms with van der Waals surface area (Å²) in [6.07, 6.45) is 1.37. The highest BCUT2D eigenvalue weighted by atomic mass is 16.3. The van der Waals surface area contributed by atoms with Crippen molar-refractivity contribution in [2.75, 3.05) is 6.54 Å². The van der Waals surface area contributed by atoms with Crippen LogP contribution in [0.3, 0.4) is 0 Å². The molecule has 2 aromatic rings. The number of furan rings is 1. The molecule has 0 atom stereocenters. The molecule has 1 amide bonds. The van der Waals surface area contributed by atoms with Crippen LogP contribution in [-0.2, 0) is 0 Å². The van der Waals surface area contributed by atoms with Gasteiger partial charge in [0.05, 0.1) is 12.1 Å². The molecule has 4 heteroatoms. The van der Waals surface area contributed by atoms with Crippen molar-refractivity contribution in [3.8, 4) is 0 Å². The van der Waals surface area contributed by atoms with E-state index in [4.69, 9.17) is 4.42 Å². The molecule has 2 rings (SSSR count). The minimum absolute atomic E-state index is 0.0208. The van der Waals surface area contributed by atoms with Crippen LogP contribution in [0.25, 0.3) is 0 Å². The number of carbonyl (C=O) groups excluding carboxylic acids is 2. The van der Waals surface area contributed by atoms with Crippen LogP contribution >= 0.6 is 0 Å². The molecule has 0 radical (unpaired) electrons. The van der Waals surface area contributed by atoms with Crippen LogP contribution in [-0.4, -0.2) is 18.2 Å². The molecule has 0 aliphatic rings. The number of hydrogen-bond acceptors (Lipinski definition) is 3. The van der Waals surface area contributed by atoms with Gasteiger partial charge in [-0.3, -0.25) is 9.59 Å². The first-order chi connectivity index (χ1) is 8.66. The average Bonchev–Trinajstić information content (AvgIpc) is 2.83. The minimum atomic E-state index is -0.309. The zero-order valence-electron chi connectivity index (χ0n) is 9.97. The van der Waals surface area contributed by atoms with Crippen LogP contribution in [0.4, 0.5) is 0 Å². The van der Waals surface area contributed by atoms with Crippen molar-refractivity contribution >= 4 is 11.7 Å². The lowest BCUT2D eigenvalue weighted by Gasteiger charge is -2.02. The first-order valence-corrected chi connectivity index (χ1v) is 5.58. The molecule has 18 heavy (non-hydrogen) atoms. The molecule has 0 saturated carbocycles. The molecule has 0 saturated heterocycles. The van der Waals surface area contributed by atoms with Gasteiger partial charge in [-0.2, -0.15) is 0 Å². The molecular formula is C14H13NO3. The van der Waals surface area contributed by atoms with Crippen LogP contribution in [0.2, 0.25) is 0 Å². The largest absolute Gasteiger partial charge is 0.469 e. The van der Waals surface area contributed by atoms with Gasteiger partial charge >= 0.3 is 0 Å². The standard InChI is InChI=1S/C14H13NO3/c1-10-7-12(9-18-10)14(17)15-8-13(16)11-5-3-2-4-6-11/h2-7,9H,8H2,1H3,(H,15,17). The summed E-state index contributed by atoms with van der Waals surface area (Å²) >= 11 is 0. The fourth-order valence-electron chi connectivity index (χ4n) is 1.55. The molecule has 0 bridgehead atoms. The highest BCUT2D eigenvalue weighted by molar-refractivity contribution is 6.02. The van der Waals surface area contributed by atoms with Gasteiger partial charge in [0.1, 0.15) is 12.0 Å². The molecule has 0 fully saturated rings. The number of Topliss-reactive ketones (excluding diaryl/α,β-unsaturated/α-hetero) is 1. The number of ketones is 1. The second-order valence-corrected chi connectivity index (χ2v) is 3.92. The second kappa shape index (κ2) is 5.31. The van der Waals surface area contributed by atoms with E-state index in [1.165, 1.54) is 6.26 Å². The van der Waals surface area contributed by atoms with Gasteiger partial charge in [-0.1, -0.05) is 30.3 Å². The summed E-state index contributed by atoms with van der Waals surface area (Å²) in [6.45, 7) is 1.74. The summed E-state index contributed by atoms with van der Waals surface area (Å²) in [6, 6.07) is 10.5. The summed E-state index contributed by atoms with van der Waals surface area (Å²) in [7, 11) is 0. The van der Waals surface area contributed by atoms with E-state index < -0.39 is 0 Å². The number of nitrogens with one attached hydrogen (secondary N) is 1. The fraction of sp³-hybridized carbons (Fsp3) is 0.143. The Hall–Kier alpha value is -2.36. The Morgan fingerprint density at radius 1 is 1.17 bits per heavy atom. The molecule has 0 aliphatic carbocycles. The first-order valence-electron chi connectivity index (χ1n) is 5.58. The Labute approximate surface area is 105 Å². The van der Waals surface area contributed by atoms with Gasteiger partial charge in [0.15, 0.2) is 5.78 Å². The van der Waals surface area contributed by atoms with Gasteiger partial charge < -0.3 is 9.73 Å². The SMILES string of the molecule is Cc1cc(C(=O)NCC(=O)c2ccccc2)co1. The molecule has 0 unspecified atom stereocenters. The fourth-order valence-corrected chi connectivity index (χ4v) is 1.55. The smallest absolute Gasteiger partial charge is 0.254 e. The normalized spacial score (nSPS) is 10.1. The number of aryl methyl sites for hydroxylation is 1. The molecule has 92 valence electrons. The molecule has 1 N–H and O–H groups in total. The Morgan fingerprint density at radius 2 is 1.89 bits per heavy atom. The molecule has 1 aromatic heterocycles. The van der Waals surface area contributed by atoms with Crippen molar-refractivity contribution in [1.29, 1.82) is 0 Å². The van der Waals surface area contributed by atoms with Crippen LogP contribution < -0.4 is 5.32 Å². The van der Waals surface area contributed by atoms with Crippen LogP contribution in [0, 0.1) is 6.92 Å². The number of amides is 1. The molecule has 1 heterocycles. The minimum Gasteiger partial charge on any atom is -0.469 e. The highest BCUT2D eigenvalue weighted by Gasteiger charge is 2.11. The zero-order chi connectivity index (χ0) is 13.0. The molecule has 0 aliphatic heterocycles. The van der Waals surface area contributed by atoms with Crippen molar-refractivity contribution in [3.63, 3.8) is 0 Å². The maximum atomic E-state index is 11.7. The van der Waals surface area contributed by atoms with Gasteiger partial charge in [-0.25, -0.2) is 0 Å². The zero-order valence-corrected chi connectivity index (χ0v) is 9.97. The summed E-state index contributed by atoms with van der Waals surface area (Å²) < 4.78 is 5.03. The third-order valence-corrected chi connectivity index (χ3v) is 2.50. The van der Waals surface area contributed by atoms with E-state index in [1.807, 2.05) is 6.07 Å². The third-order valence-electron chi connectivity index (χ3n) is 2.50. The maximum Gasteiger partial charge on any atom is 0.254 e. The monoisotopic (exact) mass is 243 g/mol. The average molecular weight is 243 g/mol. The summed E-state index contributed by atoms with van der Waals surface area (Å²) in [5.74, 6) is 0.231. The molecule has 4 nitrogen and oxygen atoms in total. The highest BCUT2D eigenvalue weighted by Crippen LogP contribution is 2.06. The van der Waals surface area contributed by atoms with Gasteiger partial charge in [-0.15, -0.1) is 0 Å². The maximum absolute atomic E-state index is 11.7. The Balaban J connectivity index is 1.92. The quantitative estimate of drug-likeness (QED) is 0.837. The summed E-state index contributed by atoms with van der Waals surface area (Å²) in [5.41, 5.74) is 1.01. The van der Waals surface area contributed by atoms with E-state index in [2.05, 4.69) is 5.32 Å². The number of hydrogen-bond donors (Lipinski definition) is 1. The third kappa shape index (κ3) is 2.85. The first kappa shape index (κ1) is 12.1. The van der Waals surface area contributed by atoms with Crippen molar-refractivity contribution in [1.82, 2.24) is 5.32 Å². The van der Waals surface area contributed by atoms with Gasteiger partial charge in [0.2, 0.25) is 0 Å². The van der Waals surface area contributed by atoms with Crippen molar-refractivity contribution in [2.45, 2.75) is 6.92 Å². The van der Waals surface area contributed by atoms with Crippen molar-refractivity contribution in [3.05, 3.63) is 59.5 Å². The number of benzene rings is 1. The van der Waals surface area contributed by atoms with E-state index >= 15 is 0 Å². The summed E-state index contributed by atoms with van der Waals surface area (Å²) in [5, 5.41) is 2.56. The van der Waals surface area contributed by atoms with Gasteiger partial charge in [-0.05, 0) is 13.0 Å². The van der Waals surface area contributed by atoms with Crippen molar-refractivity contribution in [2.24, 2.45) is 0 Å². The van der Waals surface area contributed by atoms with E-state index in [-0.39, 0.29) is 18.2 Å². The van der Waals surface area contributed by atoms with Crippen molar-refractivity contribution < 1.29 is 14.0 Å². The topological polar surface area (TPSA) is 59.3 Å². The van der Waals surface area contributed by atoms with Gasteiger partial charge in [0, 0.05) is 5.56 Å². The van der Waals surface area contributed by atoms with E-state index in [9.17, 15) is 9.59 Å². The summed E-state index contributed by atoms with van der Waals surface area (Å²) in [4.78, 5) is 23.4. The number of carbonyl (C=O) groups is 2. The van der Waals surface area contributed by atoms with Crippen LogP contribution in [0.5, 0.6) is 0 Å². The predicted octanol–water partition coefficient (Wildman–Crippen LogP) is 2.20. The second-order valence-electron chi connectivity index (χ2n) is 3.92. The molecule has 1 aromatic carbocycles. The van der Waals surface area contributed by atoms with Gasteiger partial charge in [0.25, 0.3) is 5.91 Å². The van der Waals surface area contributed by atoms with Crippen LogP contribution in [0.1, 0.15) is 26.5 Å². The lowest BCUT2D eigenvalue weighted by atomic mass is 10.1. The molecule has 0 spiro atoms. The predicted molar refractivity (Wildman–Crippen MR) is 66.6 cm³/mol. The van der Waals surface area contributed by atoms with E-state index in [0.717, 1.165) is 0 Å².